The summed E-state index contributed by atoms with van der Waals surface area (Å²) >= 11 is 0. The maximum atomic E-state index is 11.2. The van der Waals surface area contributed by atoms with Crippen LogP contribution in [0.15, 0.2) is 24.8 Å². The highest BCUT2D eigenvalue weighted by molar-refractivity contribution is 5.71. The van der Waals surface area contributed by atoms with Crippen LogP contribution in [0.25, 0.3) is 0 Å². The number of ether oxygens (including phenoxy) is 1. The Kier molecular flexibility index (Phi) is 13.2. The summed E-state index contributed by atoms with van der Waals surface area (Å²) in [6.07, 6.45) is 15.6. The van der Waals surface area contributed by atoms with E-state index in [1.165, 1.54) is 25.7 Å². The lowest BCUT2D eigenvalue weighted by molar-refractivity contribution is -0.142. The highest BCUT2D eigenvalue weighted by Crippen LogP contribution is 2.07. The number of allylic oxidation sites excluding steroid dienone is 2. The van der Waals surface area contributed by atoms with Gasteiger partial charge in [0, 0.05) is 0 Å². The smallest absolute Gasteiger partial charge is 0.309 e. The van der Waals surface area contributed by atoms with E-state index in [0.717, 1.165) is 25.7 Å². The molecule has 0 N–H and O–H groups in total. The first kappa shape index (κ1) is 16.9. The molecule has 0 aliphatic rings. The molecule has 0 amide bonds. The fourth-order valence-corrected chi connectivity index (χ4v) is 1.69. The summed E-state index contributed by atoms with van der Waals surface area (Å²) in [6.45, 7) is 6.34. The van der Waals surface area contributed by atoms with Gasteiger partial charge < -0.3 is 4.74 Å². The zero-order chi connectivity index (χ0) is 13.5. The fraction of sp³-hybridized carbons (Fsp3) is 0.688. The average Bonchev–Trinajstić information content (AvgIpc) is 2.37. The molecule has 0 rings (SSSR count). The molecule has 0 aromatic carbocycles. The first-order valence-corrected chi connectivity index (χ1v) is 7.22. The van der Waals surface area contributed by atoms with Crippen LogP contribution >= 0.6 is 0 Å². The number of esters is 1. The van der Waals surface area contributed by atoms with Crippen LogP contribution in [0.2, 0.25) is 0 Å². The second-order valence-electron chi connectivity index (χ2n) is 4.50. The van der Waals surface area contributed by atoms with Gasteiger partial charge in [-0.05, 0) is 25.7 Å². The summed E-state index contributed by atoms with van der Waals surface area (Å²) in [4.78, 5) is 11.2. The molecule has 2 heteroatoms. The maximum Gasteiger partial charge on any atom is 0.309 e. The molecule has 0 fully saturated rings. The van der Waals surface area contributed by atoms with E-state index in [9.17, 15) is 4.79 Å². The second kappa shape index (κ2) is 14.0. The van der Waals surface area contributed by atoms with Crippen molar-refractivity contribution in [2.24, 2.45) is 0 Å². The zero-order valence-corrected chi connectivity index (χ0v) is 11.8. The molecule has 0 heterocycles. The van der Waals surface area contributed by atoms with Crippen LogP contribution in [-0.4, -0.2) is 12.6 Å². The maximum absolute atomic E-state index is 11.2. The minimum atomic E-state index is -0.106. The van der Waals surface area contributed by atoms with Crippen molar-refractivity contribution in [1.82, 2.24) is 0 Å². The van der Waals surface area contributed by atoms with Gasteiger partial charge in [0.1, 0.15) is 0 Å². The molecule has 0 aliphatic carbocycles. The van der Waals surface area contributed by atoms with Gasteiger partial charge in [-0.15, -0.1) is 6.58 Å². The zero-order valence-electron chi connectivity index (χ0n) is 11.8. The van der Waals surface area contributed by atoms with Crippen molar-refractivity contribution in [3.05, 3.63) is 24.8 Å². The van der Waals surface area contributed by atoms with Crippen LogP contribution in [0.4, 0.5) is 0 Å². The Morgan fingerprint density at radius 3 is 2.39 bits per heavy atom. The third-order valence-electron chi connectivity index (χ3n) is 2.75. The first-order valence-electron chi connectivity index (χ1n) is 7.22. The van der Waals surface area contributed by atoms with Gasteiger partial charge >= 0.3 is 5.97 Å². The van der Waals surface area contributed by atoms with Gasteiger partial charge in [-0.3, -0.25) is 4.79 Å². The Morgan fingerprint density at radius 2 is 1.72 bits per heavy atom. The average molecular weight is 252 g/mol. The van der Waals surface area contributed by atoms with Crippen LogP contribution < -0.4 is 0 Å². The summed E-state index contributed by atoms with van der Waals surface area (Å²) in [5.41, 5.74) is 0. The van der Waals surface area contributed by atoms with Gasteiger partial charge in [0.25, 0.3) is 0 Å². The number of carbonyl (C=O) groups is 1. The lowest BCUT2D eigenvalue weighted by atomic mass is 10.1. The van der Waals surface area contributed by atoms with Gasteiger partial charge in [-0.1, -0.05) is 50.8 Å². The molecule has 0 aromatic heterocycles. The van der Waals surface area contributed by atoms with Crippen molar-refractivity contribution in [3.63, 3.8) is 0 Å². The lowest BCUT2D eigenvalue weighted by Gasteiger charge is -2.03. The number of hydrogen-bond donors (Lipinski definition) is 0. The molecule has 0 saturated carbocycles. The molecule has 0 aliphatic heterocycles. The summed E-state index contributed by atoms with van der Waals surface area (Å²) in [5.74, 6) is -0.106. The molecule has 0 unspecified atom stereocenters. The van der Waals surface area contributed by atoms with Crippen molar-refractivity contribution in [1.29, 1.82) is 0 Å². The molecule has 0 radical (unpaired) electrons. The Hall–Kier alpha value is -1.05. The van der Waals surface area contributed by atoms with Gasteiger partial charge in [0.15, 0.2) is 0 Å². The standard InChI is InChI=1S/C16H28O2/c1-3-5-7-8-9-10-11-13-15-18-16(17)14-12-6-4-2/h3,6,12H,1,4-5,7-11,13-15H2,2H3/b12-6+. The number of unbranched alkanes of at least 4 members (excludes halogenated alkanes) is 6. The van der Waals surface area contributed by atoms with Gasteiger partial charge in [0.2, 0.25) is 0 Å². The van der Waals surface area contributed by atoms with Crippen molar-refractivity contribution in [2.45, 2.75) is 64.7 Å². The molecule has 0 saturated heterocycles. The van der Waals surface area contributed by atoms with E-state index in [0.29, 0.717) is 13.0 Å². The predicted octanol–water partition coefficient (Wildman–Crippen LogP) is 4.80. The molecule has 0 aromatic rings. The van der Waals surface area contributed by atoms with Crippen LogP contribution in [0.5, 0.6) is 0 Å². The summed E-state index contributed by atoms with van der Waals surface area (Å²) in [7, 11) is 0. The third kappa shape index (κ3) is 13.0. The minimum Gasteiger partial charge on any atom is -0.465 e. The fourth-order valence-electron chi connectivity index (χ4n) is 1.69. The van der Waals surface area contributed by atoms with E-state index in [4.69, 9.17) is 4.74 Å². The highest BCUT2D eigenvalue weighted by atomic mass is 16.5. The highest BCUT2D eigenvalue weighted by Gasteiger charge is 1.98. The monoisotopic (exact) mass is 252 g/mol. The summed E-state index contributed by atoms with van der Waals surface area (Å²) < 4.78 is 5.13. The topological polar surface area (TPSA) is 26.3 Å². The third-order valence-corrected chi connectivity index (χ3v) is 2.75. The Balaban J connectivity index is 3.17. The van der Waals surface area contributed by atoms with Crippen molar-refractivity contribution >= 4 is 5.97 Å². The summed E-state index contributed by atoms with van der Waals surface area (Å²) in [5, 5.41) is 0. The Bertz CT molecular complexity index is 231. The summed E-state index contributed by atoms with van der Waals surface area (Å²) in [6, 6.07) is 0. The normalized spacial score (nSPS) is 10.7. The molecule has 104 valence electrons. The quantitative estimate of drug-likeness (QED) is 0.283. The molecule has 0 bridgehead atoms. The van der Waals surface area contributed by atoms with Crippen molar-refractivity contribution < 1.29 is 9.53 Å². The van der Waals surface area contributed by atoms with E-state index in [2.05, 4.69) is 13.5 Å². The number of carbonyl (C=O) groups excluding carboxylic acids is 1. The van der Waals surface area contributed by atoms with E-state index >= 15 is 0 Å². The van der Waals surface area contributed by atoms with Gasteiger partial charge in [-0.25, -0.2) is 0 Å². The second-order valence-corrected chi connectivity index (χ2v) is 4.50. The largest absolute Gasteiger partial charge is 0.465 e. The van der Waals surface area contributed by atoms with Crippen LogP contribution in [-0.2, 0) is 9.53 Å². The minimum absolute atomic E-state index is 0.106. The van der Waals surface area contributed by atoms with Gasteiger partial charge in [-0.2, -0.15) is 0 Å². The number of rotatable bonds is 12. The van der Waals surface area contributed by atoms with E-state index < -0.39 is 0 Å². The predicted molar refractivity (Wildman–Crippen MR) is 77.5 cm³/mol. The van der Waals surface area contributed by atoms with E-state index in [1.54, 1.807) is 0 Å². The molecule has 18 heavy (non-hydrogen) atoms. The van der Waals surface area contributed by atoms with Crippen LogP contribution in [0.1, 0.15) is 64.7 Å². The molecule has 2 nitrogen and oxygen atoms in total. The number of hydrogen-bond acceptors (Lipinski definition) is 2. The van der Waals surface area contributed by atoms with Crippen molar-refractivity contribution in [2.75, 3.05) is 6.61 Å². The Labute approximate surface area is 112 Å². The van der Waals surface area contributed by atoms with Gasteiger partial charge in [0.05, 0.1) is 13.0 Å². The lowest BCUT2D eigenvalue weighted by Crippen LogP contribution is -2.04. The Morgan fingerprint density at radius 1 is 1.06 bits per heavy atom. The van der Waals surface area contributed by atoms with Crippen LogP contribution in [0.3, 0.4) is 0 Å². The first-order chi connectivity index (χ1) is 8.81. The van der Waals surface area contributed by atoms with E-state index in [1.807, 2.05) is 18.2 Å². The molecular weight excluding hydrogens is 224 g/mol. The van der Waals surface area contributed by atoms with Crippen molar-refractivity contribution in [3.8, 4) is 0 Å². The molecular formula is C16H28O2. The molecule has 0 atom stereocenters. The molecule has 0 spiro atoms. The van der Waals surface area contributed by atoms with Crippen LogP contribution in [0, 0.1) is 0 Å². The SMILES string of the molecule is C=CCCCCCCCCOC(=O)C/C=C/CC. The van der Waals surface area contributed by atoms with E-state index in [-0.39, 0.29) is 5.97 Å².